The number of fused-ring (bicyclic) bond motifs is 2. The zero-order valence-corrected chi connectivity index (χ0v) is 34.2. The maximum atomic E-state index is 14.6. The van der Waals surface area contributed by atoms with E-state index < -0.39 is 42.3 Å². The lowest BCUT2D eigenvalue weighted by molar-refractivity contribution is -0.189. The molecule has 3 N–H and O–H groups in total. The number of carbonyl (C=O) groups is 3. The van der Waals surface area contributed by atoms with Gasteiger partial charge in [-0.2, -0.15) is 13.2 Å². The van der Waals surface area contributed by atoms with Crippen LogP contribution in [0.1, 0.15) is 58.9 Å². The van der Waals surface area contributed by atoms with Crippen molar-refractivity contribution in [2.24, 2.45) is 5.92 Å². The number of alkyl halides is 4. The number of benzene rings is 2. The number of carbonyl (C=O) groups excluding carboxylic acids is 3. The highest BCUT2D eigenvalue weighted by Crippen LogP contribution is 2.43. The van der Waals surface area contributed by atoms with Gasteiger partial charge in [-0.25, -0.2) is 18.7 Å². The fourth-order valence-electron chi connectivity index (χ4n) is 8.49. The number of hydrogen-bond donors (Lipinski definition) is 3. The molecule has 0 radical (unpaired) electrons. The van der Waals surface area contributed by atoms with E-state index in [9.17, 15) is 31.9 Å². The van der Waals surface area contributed by atoms with Crippen LogP contribution in [0, 0.1) is 17.8 Å². The summed E-state index contributed by atoms with van der Waals surface area (Å²) in [7, 11) is 1.77. The minimum atomic E-state index is -4.59. The predicted molar refractivity (Wildman–Crippen MR) is 225 cm³/mol. The van der Waals surface area contributed by atoms with E-state index in [-0.39, 0.29) is 53.9 Å². The first-order valence-electron chi connectivity index (χ1n) is 20.4. The summed E-state index contributed by atoms with van der Waals surface area (Å²) in [4.78, 5) is 51.0. The summed E-state index contributed by atoms with van der Waals surface area (Å²) in [6.45, 7) is 1.02. The van der Waals surface area contributed by atoms with Crippen LogP contribution in [0.2, 0.25) is 5.02 Å². The molecule has 18 heteroatoms. The van der Waals surface area contributed by atoms with E-state index in [1.807, 2.05) is 36.4 Å². The molecule has 9 rings (SSSR count). The molecular weight excluding hydrogens is 828 g/mol. The van der Waals surface area contributed by atoms with E-state index in [2.05, 4.69) is 37.7 Å². The van der Waals surface area contributed by atoms with Crippen molar-refractivity contribution in [1.82, 2.24) is 35.1 Å². The molecule has 3 aromatic heterocycles. The maximum Gasteiger partial charge on any atom is 0.408 e. The number of imide groups is 1. The molecule has 5 aromatic rings. The molecule has 62 heavy (non-hydrogen) atoms. The van der Waals surface area contributed by atoms with Crippen LogP contribution in [0.5, 0.6) is 0 Å². The van der Waals surface area contributed by atoms with E-state index >= 15 is 0 Å². The van der Waals surface area contributed by atoms with Crippen LogP contribution in [0.3, 0.4) is 0 Å². The molecule has 2 aromatic carbocycles. The highest BCUT2D eigenvalue weighted by molar-refractivity contribution is 6.34. The Hall–Kier alpha value is -6.25. The monoisotopic (exact) mass is 868 g/mol. The average molecular weight is 869 g/mol. The quantitative estimate of drug-likeness (QED) is 0.105. The number of anilines is 4. The third-order valence-electron chi connectivity index (χ3n) is 11.8. The number of amides is 4. The first-order chi connectivity index (χ1) is 29.9. The lowest BCUT2D eigenvalue weighted by Crippen LogP contribution is -2.49. The molecule has 1 unspecified atom stereocenters. The second kappa shape index (κ2) is 16.6. The summed E-state index contributed by atoms with van der Waals surface area (Å²) in [5, 5.41) is 13.0. The number of rotatable bonds is 9. The Kier molecular flexibility index (Phi) is 11.0. The lowest BCUT2D eigenvalue weighted by Gasteiger charge is -2.38. The largest absolute Gasteiger partial charge is 0.408 e. The second-order valence-electron chi connectivity index (χ2n) is 15.9. The topological polar surface area (TPSA) is 140 Å². The highest BCUT2D eigenvalue weighted by atomic mass is 35.5. The van der Waals surface area contributed by atoms with E-state index in [4.69, 9.17) is 21.7 Å². The van der Waals surface area contributed by atoms with Crippen molar-refractivity contribution >= 4 is 58.0 Å². The van der Waals surface area contributed by atoms with Crippen molar-refractivity contribution in [3.05, 3.63) is 94.4 Å². The number of imidazole rings is 1. The van der Waals surface area contributed by atoms with Gasteiger partial charge in [0.15, 0.2) is 17.2 Å². The number of likely N-dealkylation sites (tertiary alicyclic amines) is 1. The number of urea groups is 1. The SMILES string of the molecule is CNc1cc(N2CCc3c(-c4ccc(CC#CC5CCN(C(c6ccc(Cl)c(N7CCC(=O)NC7=O)c6)C(F)(F)F)CC5)cn4)cccc32)nn2c(C(=O)N[C@@H]3C[C@@H]3F)cnc12. The van der Waals surface area contributed by atoms with Crippen molar-refractivity contribution < 1.29 is 31.9 Å². The zero-order chi connectivity index (χ0) is 43.3. The molecule has 6 heterocycles. The number of pyridine rings is 1. The Morgan fingerprint density at radius 2 is 1.77 bits per heavy atom. The smallest absolute Gasteiger partial charge is 0.385 e. The summed E-state index contributed by atoms with van der Waals surface area (Å²) in [6.07, 6.45) is 0.0318. The molecule has 1 aliphatic carbocycles. The van der Waals surface area contributed by atoms with Crippen LogP contribution in [-0.2, 0) is 17.6 Å². The van der Waals surface area contributed by atoms with Gasteiger partial charge in [-0.05, 0) is 60.2 Å². The lowest BCUT2D eigenvalue weighted by atomic mass is 9.94. The molecule has 1 saturated carbocycles. The van der Waals surface area contributed by atoms with Crippen LogP contribution in [-0.4, -0.2) is 93.9 Å². The van der Waals surface area contributed by atoms with Crippen LogP contribution >= 0.6 is 11.6 Å². The number of halogens is 5. The maximum absolute atomic E-state index is 14.6. The highest BCUT2D eigenvalue weighted by Gasteiger charge is 2.46. The van der Waals surface area contributed by atoms with Gasteiger partial charge in [0, 0.05) is 81.9 Å². The molecule has 2 saturated heterocycles. The van der Waals surface area contributed by atoms with Gasteiger partial charge in [0.05, 0.1) is 34.3 Å². The first kappa shape index (κ1) is 41.1. The summed E-state index contributed by atoms with van der Waals surface area (Å²) in [6, 6.07) is 12.7. The summed E-state index contributed by atoms with van der Waals surface area (Å²) >= 11 is 6.33. The summed E-state index contributed by atoms with van der Waals surface area (Å²) in [5.41, 5.74) is 6.25. The molecule has 13 nitrogen and oxygen atoms in total. The number of hydrogen-bond acceptors (Lipinski definition) is 9. The zero-order valence-electron chi connectivity index (χ0n) is 33.5. The third kappa shape index (κ3) is 8.12. The Morgan fingerprint density at radius 1 is 0.984 bits per heavy atom. The molecule has 320 valence electrons. The van der Waals surface area contributed by atoms with Gasteiger partial charge < -0.3 is 15.5 Å². The van der Waals surface area contributed by atoms with E-state index in [0.717, 1.165) is 34.5 Å². The molecule has 3 atom stereocenters. The molecule has 4 aliphatic rings. The standard InChI is InChI=1S/C44H41ClF4N10O3/c1-50-34-22-38(55-59-37(24-52-41(34)59)42(61)53-33-21-31(33)46)57-18-14-29-28(6-3-7-35(29)57)32-11-8-26(23-51-32)5-2-4-25-12-16-56(17-13-25)40(44(47,48)49)27-9-10-30(45)36(20-27)58-19-15-39(60)54-43(58)62/h3,6-11,20,22-25,31,33,40,50H,5,12-19,21H2,1H3,(H,53,61)(H,54,60,62)/t31-,33+,40?/m0/s1. The summed E-state index contributed by atoms with van der Waals surface area (Å²) in [5.74, 6) is 6.17. The molecule has 0 bridgehead atoms. The van der Waals surface area contributed by atoms with E-state index in [1.165, 1.54) is 38.7 Å². The first-order valence-corrected chi connectivity index (χ1v) is 20.8. The molecular formula is C44H41ClF4N10O3. The van der Waals surface area contributed by atoms with Gasteiger partial charge in [-0.1, -0.05) is 47.7 Å². The Bertz CT molecular complexity index is 2640. The normalized spacial score (nSPS) is 19.8. The second-order valence-corrected chi connectivity index (χ2v) is 16.3. The van der Waals surface area contributed by atoms with E-state index in [1.54, 1.807) is 13.2 Å². The van der Waals surface area contributed by atoms with Gasteiger partial charge in [0.2, 0.25) is 5.91 Å². The molecule has 0 spiro atoms. The van der Waals surface area contributed by atoms with E-state index in [0.29, 0.717) is 49.4 Å². The Balaban J connectivity index is 0.848. The van der Waals surface area contributed by atoms with Crippen LogP contribution in [0.4, 0.5) is 45.2 Å². The van der Waals surface area contributed by atoms with Crippen LogP contribution in [0.15, 0.2) is 67.0 Å². The van der Waals surface area contributed by atoms with Crippen molar-refractivity contribution in [2.75, 3.05) is 48.3 Å². The van der Waals surface area contributed by atoms with Gasteiger partial charge in [0.25, 0.3) is 5.91 Å². The minimum absolute atomic E-state index is 0.0161. The van der Waals surface area contributed by atoms with Crippen molar-refractivity contribution in [1.29, 1.82) is 0 Å². The molecule has 3 aliphatic heterocycles. The van der Waals surface area contributed by atoms with Gasteiger partial charge in [-0.3, -0.25) is 29.7 Å². The third-order valence-corrected chi connectivity index (χ3v) is 12.1. The van der Waals surface area contributed by atoms with Crippen molar-refractivity contribution in [3.63, 3.8) is 0 Å². The summed E-state index contributed by atoms with van der Waals surface area (Å²) < 4.78 is 58.9. The number of nitrogens with one attached hydrogen (secondary N) is 3. The fraction of sp³-hybridized carbons (Fsp3) is 0.364. The minimum Gasteiger partial charge on any atom is -0.385 e. The Morgan fingerprint density at radius 3 is 2.48 bits per heavy atom. The van der Waals surface area contributed by atoms with Crippen LogP contribution in [0.25, 0.3) is 16.9 Å². The molecule has 4 amide bonds. The van der Waals surface area contributed by atoms with Gasteiger partial charge in [-0.15, -0.1) is 5.10 Å². The number of aromatic nitrogens is 4. The number of nitrogens with zero attached hydrogens (tertiary/aromatic N) is 7. The van der Waals surface area contributed by atoms with Crippen molar-refractivity contribution in [3.8, 4) is 23.1 Å². The van der Waals surface area contributed by atoms with Crippen LogP contribution < -0.4 is 25.8 Å². The Labute approximate surface area is 358 Å². The van der Waals surface area contributed by atoms with Gasteiger partial charge in [0.1, 0.15) is 12.2 Å². The average Bonchev–Trinajstić information content (AvgIpc) is 3.57. The predicted octanol–water partition coefficient (Wildman–Crippen LogP) is 7.03. The van der Waals surface area contributed by atoms with Gasteiger partial charge >= 0.3 is 12.2 Å². The number of piperidine rings is 1. The molecule has 3 fully saturated rings. The fourth-order valence-corrected chi connectivity index (χ4v) is 8.71. The van der Waals surface area contributed by atoms with Crippen molar-refractivity contribution in [2.45, 2.75) is 63.0 Å².